The fraction of sp³-hybridized carbons (Fsp3) is 0.333. The fourth-order valence-electron chi connectivity index (χ4n) is 1.21. The molecule has 0 spiro atoms. The van der Waals surface area contributed by atoms with Gasteiger partial charge in [0.2, 0.25) is 0 Å². The van der Waals surface area contributed by atoms with Crippen LogP contribution in [-0.4, -0.2) is 29.3 Å². The Morgan fingerprint density at radius 2 is 2.38 bits per heavy atom. The number of nitrogens with zero attached hydrogens (tertiary/aromatic N) is 1. The molecule has 2 rings (SSSR count). The summed E-state index contributed by atoms with van der Waals surface area (Å²) in [5, 5.41) is 8.72. The minimum absolute atomic E-state index is 0.277. The molecule has 68 valence electrons. The highest BCUT2D eigenvalue weighted by molar-refractivity contribution is 5.87. The van der Waals surface area contributed by atoms with E-state index in [4.69, 9.17) is 9.84 Å². The maximum absolute atomic E-state index is 10.6. The molecule has 1 N–H and O–H groups in total. The Labute approximate surface area is 75.2 Å². The summed E-state index contributed by atoms with van der Waals surface area (Å²) in [5.41, 5.74) is 1.10. The topological polar surface area (TPSA) is 59.4 Å². The van der Waals surface area contributed by atoms with Crippen molar-refractivity contribution in [2.75, 3.05) is 13.2 Å². The highest BCUT2D eigenvalue weighted by Crippen LogP contribution is 2.22. The number of carboxylic acid groups (broad SMARTS) is 1. The Balaban J connectivity index is 2.26. The molecule has 0 bridgehead atoms. The second-order valence-corrected chi connectivity index (χ2v) is 3.01. The Morgan fingerprint density at radius 3 is 2.92 bits per heavy atom. The maximum atomic E-state index is 10.6. The summed E-state index contributed by atoms with van der Waals surface area (Å²) in [5.74, 6) is -0.636. The molecule has 1 saturated heterocycles. The normalized spacial score (nSPS) is 16.6. The van der Waals surface area contributed by atoms with Gasteiger partial charge in [-0.05, 0) is 12.1 Å². The number of aromatic nitrogens is 1. The zero-order chi connectivity index (χ0) is 9.26. The lowest BCUT2D eigenvalue weighted by Gasteiger charge is -2.25. The van der Waals surface area contributed by atoms with Crippen LogP contribution in [0.15, 0.2) is 18.3 Å². The molecule has 1 fully saturated rings. The van der Waals surface area contributed by atoms with Gasteiger partial charge in [0.25, 0.3) is 0 Å². The Bertz CT molecular complexity index is 333. The molecule has 2 heterocycles. The summed E-state index contributed by atoms with van der Waals surface area (Å²) < 4.78 is 5.00. The van der Waals surface area contributed by atoms with Crippen molar-refractivity contribution in [2.24, 2.45) is 0 Å². The van der Waals surface area contributed by atoms with E-state index >= 15 is 0 Å². The lowest BCUT2D eigenvalue weighted by molar-refractivity contribution is 0.00665. The molecule has 1 aromatic rings. The summed E-state index contributed by atoms with van der Waals surface area (Å²) in [6.45, 7) is 1.30. The maximum Gasteiger partial charge on any atom is 0.335 e. The minimum atomic E-state index is -0.913. The first kappa shape index (κ1) is 8.19. The molecule has 0 aromatic carbocycles. The largest absolute Gasteiger partial charge is 0.478 e. The number of ether oxygens (including phenoxy) is 1. The van der Waals surface area contributed by atoms with E-state index in [1.165, 1.54) is 12.3 Å². The van der Waals surface area contributed by atoms with Crippen molar-refractivity contribution < 1.29 is 14.6 Å². The van der Waals surface area contributed by atoms with Gasteiger partial charge in [-0.2, -0.15) is 0 Å². The SMILES string of the molecule is O=C(O)c1ccnc(C2COC2)c1. The van der Waals surface area contributed by atoms with Crippen molar-refractivity contribution in [3.05, 3.63) is 29.6 Å². The van der Waals surface area contributed by atoms with Crippen LogP contribution < -0.4 is 0 Å². The molecule has 0 unspecified atom stereocenters. The monoisotopic (exact) mass is 179 g/mol. The summed E-state index contributed by atoms with van der Waals surface area (Å²) in [7, 11) is 0. The lowest BCUT2D eigenvalue weighted by atomic mass is 10.0. The van der Waals surface area contributed by atoms with Crippen LogP contribution in [-0.2, 0) is 4.74 Å². The second-order valence-electron chi connectivity index (χ2n) is 3.01. The third-order valence-corrected chi connectivity index (χ3v) is 2.08. The smallest absolute Gasteiger partial charge is 0.335 e. The van der Waals surface area contributed by atoms with Crippen LogP contribution in [0.4, 0.5) is 0 Å². The first-order chi connectivity index (χ1) is 6.27. The second kappa shape index (κ2) is 3.14. The van der Waals surface area contributed by atoms with Crippen LogP contribution in [0, 0.1) is 0 Å². The van der Waals surface area contributed by atoms with Gasteiger partial charge in [0.15, 0.2) is 0 Å². The minimum Gasteiger partial charge on any atom is -0.478 e. The van der Waals surface area contributed by atoms with Crippen molar-refractivity contribution in [1.82, 2.24) is 4.98 Å². The highest BCUT2D eigenvalue weighted by atomic mass is 16.5. The van der Waals surface area contributed by atoms with Gasteiger partial charge in [-0.25, -0.2) is 4.79 Å². The third kappa shape index (κ3) is 1.53. The predicted molar refractivity (Wildman–Crippen MR) is 44.8 cm³/mol. The molecule has 0 radical (unpaired) electrons. The molecular weight excluding hydrogens is 170 g/mol. The average Bonchev–Trinajstić information content (AvgIpc) is 2.01. The van der Waals surface area contributed by atoms with Crippen LogP contribution in [0.3, 0.4) is 0 Å². The van der Waals surface area contributed by atoms with Gasteiger partial charge < -0.3 is 9.84 Å². The van der Waals surface area contributed by atoms with Gasteiger partial charge in [-0.3, -0.25) is 4.98 Å². The average molecular weight is 179 g/mol. The van der Waals surface area contributed by atoms with Crippen molar-refractivity contribution in [2.45, 2.75) is 5.92 Å². The van der Waals surface area contributed by atoms with Crippen molar-refractivity contribution >= 4 is 5.97 Å². The molecule has 1 aliphatic rings. The number of pyridine rings is 1. The Kier molecular flexibility index (Phi) is 1.98. The van der Waals surface area contributed by atoms with Crippen LogP contribution in [0.2, 0.25) is 0 Å². The van der Waals surface area contributed by atoms with E-state index in [9.17, 15) is 4.79 Å². The van der Waals surface area contributed by atoms with E-state index in [0.29, 0.717) is 13.2 Å². The van der Waals surface area contributed by atoms with Crippen LogP contribution in [0.1, 0.15) is 22.0 Å². The van der Waals surface area contributed by atoms with Crippen LogP contribution >= 0.6 is 0 Å². The predicted octanol–water partition coefficient (Wildman–Crippen LogP) is 0.894. The summed E-state index contributed by atoms with van der Waals surface area (Å²) in [6.07, 6.45) is 1.52. The van der Waals surface area contributed by atoms with E-state index < -0.39 is 5.97 Å². The molecule has 0 amide bonds. The zero-order valence-electron chi connectivity index (χ0n) is 6.93. The summed E-state index contributed by atoms with van der Waals surface area (Å²) >= 11 is 0. The number of aromatic carboxylic acids is 1. The fourth-order valence-corrected chi connectivity index (χ4v) is 1.21. The van der Waals surface area contributed by atoms with Crippen molar-refractivity contribution in [3.8, 4) is 0 Å². The molecule has 13 heavy (non-hydrogen) atoms. The van der Waals surface area contributed by atoms with E-state index in [0.717, 1.165) is 5.69 Å². The van der Waals surface area contributed by atoms with Gasteiger partial charge in [0, 0.05) is 17.8 Å². The quantitative estimate of drug-likeness (QED) is 0.732. The molecule has 4 heteroatoms. The van der Waals surface area contributed by atoms with E-state index in [2.05, 4.69) is 4.98 Å². The first-order valence-corrected chi connectivity index (χ1v) is 4.04. The summed E-state index contributed by atoms with van der Waals surface area (Å²) in [4.78, 5) is 14.7. The summed E-state index contributed by atoms with van der Waals surface area (Å²) in [6, 6.07) is 3.10. The molecule has 0 aliphatic carbocycles. The lowest BCUT2D eigenvalue weighted by Crippen LogP contribution is -2.26. The highest BCUT2D eigenvalue weighted by Gasteiger charge is 2.22. The van der Waals surface area contributed by atoms with E-state index in [1.807, 2.05) is 0 Å². The van der Waals surface area contributed by atoms with Crippen LogP contribution in [0.25, 0.3) is 0 Å². The van der Waals surface area contributed by atoms with E-state index in [-0.39, 0.29) is 11.5 Å². The molecule has 4 nitrogen and oxygen atoms in total. The Morgan fingerprint density at radius 1 is 1.62 bits per heavy atom. The van der Waals surface area contributed by atoms with Crippen molar-refractivity contribution in [1.29, 1.82) is 0 Å². The first-order valence-electron chi connectivity index (χ1n) is 4.04. The number of hydrogen-bond donors (Lipinski definition) is 1. The van der Waals surface area contributed by atoms with Gasteiger partial charge in [0.05, 0.1) is 18.8 Å². The standard InChI is InChI=1S/C9H9NO3/c11-9(12)6-1-2-10-8(3-6)7-4-13-5-7/h1-3,7H,4-5H2,(H,11,12). The molecule has 0 atom stereocenters. The van der Waals surface area contributed by atoms with Gasteiger partial charge >= 0.3 is 5.97 Å². The number of hydrogen-bond acceptors (Lipinski definition) is 3. The van der Waals surface area contributed by atoms with E-state index in [1.54, 1.807) is 6.07 Å². The van der Waals surface area contributed by atoms with Crippen molar-refractivity contribution in [3.63, 3.8) is 0 Å². The molecule has 0 saturated carbocycles. The van der Waals surface area contributed by atoms with Crippen LogP contribution in [0.5, 0.6) is 0 Å². The number of rotatable bonds is 2. The molecule has 1 aliphatic heterocycles. The Hall–Kier alpha value is -1.42. The van der Waals surface area contributed by atoms with Gasteiger partial charge in [0.1, 0.15) is 0 Å². The van der Waals surface area contributed by atoms with Gasteiger partial charge in [-0.1, -0.05) is 0 Å². The molecule has 1 aromatic heterocycles. The zero-order valence-corrected chi connectivity index (χ0v) is 6.93. The van der Waals surface area contributed by atoms with Gasteiger partial charge in [-0.15, -0.1) is 0 Å². The number of carboxylic acids is 1. The third-order valence-electron chi connectivity index (χ3n) is 2.08. The number of carbonyl (C=O) groups is 1. The molecular formula is C9H9NO3.